The van der Waals surface area contributed by atoms with Gasteiger partial charge in [0, 0.05) is 13.0 Å². The van der Waals surface area contributed by atoms with E-state index in [1.165, 1.54) is 25.7 Å². The largest absolute Gasteiger partial charge is 0.467 e. The highest BCUT2D eigenvalue weighted by atomic mass is 16.3. The number of amides is 2. The zero-order valence-electron chi connectivity index (χ0n) is 14.1. The highest BCUT2D eigenvalue weighted by molar-refractivity contribution is 5.88. The Morgan fingerprint density at radius 3 is 2.88 bits per heavy atom. The monoisotopic (exact) mass is 330 g/mol. The van der Waals surface area contributed by atoms with Gasteiger partial charge >= 0.3 is 0 Å². The molecule has 0 spiro atoms. The predicted octanol–water partition coefficient (Wildman–Crippen LogP) is 2.71. The van der Waals surface area contributed by atoms with Gasteiger partial charge in [-0.05, 0) is 62.0 Å². The third-order valence-corrected chi connectivity index (χ3v) is 6.21. The highest BCUT2D eigenvalue weighted by Gasteiger charge is 2.42. The van der Waals surface area contributed by atoms with E-state index >= 15 is 0 Å². The average Bonchev–Trinajstić information content (AvgIpc) is 3.36. The number of nitrogens with one attached hydrogen (secondary N) is 1. The first-order chi connectivity index (χ1) is 11.7. The Balaban J connectivity index is 1.32. The Morgan fingerprint density at radius 2 is 2.17 bits per heavy atom. The topological polar surface area (TPSA) is 62.6 Å². The molecule has 1 aliphatic heterocycles. The van der Waals surface area contributed by atoms with Gasteiger partial charge in [0.05, 0.1) is 12.8 Å². The Kier molecular flexibility index (Phi) is 4.33. The minimum atomic E-state index is -0.300. The third kappa shape index (κ3) is 3.08. The highest BCUT2D eigenvalue weighted by Crippen LogP contribution is 2.49. The van der Waals surface area contributed by atoms with Crippen LogP contribution in [0.3, 0.4) is 0 Å². The van der Waals surface area contributed by atoms with E-state index in [0.29, 0.717) is 18.9 Å². The van der Waals surface area contributed by atoms with E-state index in [0.717, 1.165) is 37.0 Å². The van der Waals surface area contributed by atoms with Crippen molar-refractivity contribution in [3.8, 4) is 0 Å². The van der Waals surface area contributed by atoms with E-state index in [4.69, 9.17) is 4.42 Å². The van der Waals surface area contributed by atoms with Crippen molar-refractivity contribution >= 4 is 11.8 Å². The van der Waals surface area contributed by atoms with Crippen LogP contribution in [0.15, 0.2) is 22.8 Å². The molecule has 0 unspecified atom stereocenters. The molecule has 24 heavy (non-hydrogen) atoms. The summed E-state index contributed by atoms with van der Waals surface area (Å²) in [7, 11) is 0. The molecule has 1 saturated heterocycles. The molecule has 4 rings (SSSR count). The van der Waals surface area contributed by atoms with Gasteiger partial charge in [-0.25, -0.2) is 0 Å². The molecule has 1 aromatic rings. The van der Waals surface area contributed by atoms with Crippen LogP contribution in [-0.4, -0.2) is 29.3 Å². The van der Waals surface area contributed by atoms with Crippen LogP contribution < -0.4 is 5.32 Å². The Hall–Kier alpha value is -1.78. The zero-order valence-corrected chi connectivity index (χ0v) is 14.1. The molecule has 2 bridgehead atoms. The summed E-state index contributed by atoms with van der Waals surface area (Å²) in [4.78, 5) is 27.0. The van der Waals surface area contributed by atoms with Gasteiger partial charge in [0.25, 0.3) is 0 Å². The number of hydrogen-bond donors (Lipinski definition) is 1. The van der Waals surface area contributed by atoms with Crippen LogP contribution in [0.1, 0.15) is 50.7 Å². The molecule has 130 valence electrons. The van der Waals surface area contributed by atoms with Crippen molar-refractivity contribution in [3.63, 3.8) is 0 Å². The lowest BCUT2D eigenvalue weighted by atomic mass is 9.86. The van der Waals surface area contributed by atoms with Crippen LogP contribution in [-0.2, 0) is 16.1 Å². The van der Waals surface area contributed by atoms with E-state index in [1.807, 2.05) is 17.0 Å². The minimum Gasteiger partial charge on any atom is -0.467 e. The summed E-state index contributed by atoms with van der Waals surface area (Å²) in [6.45, 7) is 1.11. The summed E-state index contributed by atoms with van der Waals surface area (Å²) in [5.74, 6) is 3.05. The molecule has 2 amide bonds. The summed E-state index contributed by atoms with van der Waals surface area (Å²) < 4.78 is 5.24. The van der Waals surface area contributed by atoms with Crippen molar-refractivity contribution in [3.05, 3.63) is 24.2 Å². The second kappa shape index (κ2) is 6.61. The summed E-state index contributed by atoms with van der Waals surface area (Å²) in [5, 5.41) is 2.91. The molecule has 5 heteroatoms. The maximum Gasteiger partial charge on any atom is 0.243 e. The summed E-state index contributed by atoms with van der Waals surface area (Å²) >= 11 is 0. The van der Waals surface area contributed by atoms with Crippen LogP contribution in [0.2, 0.25) is 0 Å². The molecule has 4 atom stereocenters. The van der Waals surface area contributed by atoms with E-state index < -0.39 is 0 Å². The second-order valence-corrected chi connectivity index (χ2v) is 7.68. The van der Waals surface area contributed by atoms with Crippen molar-refractivity contribution in [2.45, 2.75) is 57.5 Å². The molecule has 3 aliphatic rings. The van der Waals surface area contributed by atoms with Crippen LogP contribution in [0.4, 0.5) is 0 Å². The number of fused-ring (bicyclic) bond motifs is 2. The normalized spacial score (nSPS) is 31.6. The maximum atomic E-state index is 12.8. The first kappa shape index (κ1) is 15.7. The van der Waals surface area contributed by atoms with E-state index in [-0.39, 0.29) is 17.9 Å². The first-order valence-corrected chi connectivity index (χ1v) is 9.30. The van der Waals surface area contributed by atoms with Crippen molar-refractivity contribution in [1.29, 1.82) is 0 Å². The Bertz CT molecular complexity index is 598. The molecule has 0 aromatic carbocycles. The van der Waals surface area contributed by atoms with Gasteiger partial charge in [-0.2, -0.15) is 0 Å². The number of furan rings is 1. The summed E-state index contributed by atoms with van der Waals surface area (Å²) in [5.41, 5.74) is 0. The van der Waals surface area contributed by atoms with Gasteiger partial charge in [0.15, 0.2) is 0 Å². The lowest BCUT2D eigenvalue weighted by Gasteiger charge is -2.27. The Morgan fingerprint density at radius 1 is 1.25 bits per heavy atom. The van der Waals surface area contributed by atoms with Crippen molar-refractivity contribution in [2.24, 2.45) is 17.8 Å². The zero-order chi connectivity index (χ0) is 16.5. The van der Waals surface area contributed by atoms with Crippen LogP contribution in [0.25, 0.3) is 0 Å². The quantitative estimate of drug-likeness (QED) is 0.903. The van der Waals surface area contributed by atoms with Crippen molar-refractivity contribution in [2.75, 3.05) is 6.54 Å². The molecular formula is C19H26N2O3. The number of rotatable bonds is 5. The third-order valence-electron chi connectivity index (χ3n) is 6.21. The smallest absolute Gasteiger partial charge is 0.243 e. The fourth-order valence-electron chi connectivity index (χ4n) is 5.01. The molecule has 2 heterocycles. The van der Waals surface area contributed by atoms with E-state index in [2.05, 4.69) is 5.32 Å². The number of hydrogen-bond acceptors (Lipinski definition) is 3. The second-order valence-electron chi connectivity index (χ2n) is 7.68. The van der Waals surface area contributed by atoms with Crippen LogP contribution in [0.5, 0.6) is 0 Å². The van der Waals surface area contributed by atoms with Crippen molar-refractivity contribution in [1.82, 2.24) is 10.2 Å². The van der Waals surface area contributed by atoms with Gasteiger partial charge in [-0.15, -0.1) is 0 Å². The van der Waals surface area contributed by atoms with Gasteiger partial charge in [-0.3, -0.25) is 9.59 Å². The standard InChI is InChI=1S/C19H26N2O3/c22-18(11-15-10-13-5-6-14(15)9-13)21-7-1-4-17(21)19(23)20-12-16-3-2-8-24-16/h2-3,8,13-15,17H,1,4-7,9-12H2,(H,20,23)/t13-,14-,15-,17+/m0/s1. The van der Waals surface area contributed by atoms with Crippen molar-refractivity contribution < 1.29 is 14.0 Å². The Labute approximate surface area is 142 Å². The van der Waals surface area contributed by atoms with Gasteiger partial charge < -0.3 is 14.6 Å². The maximum absolute atomic E-state index is 12.8. The number of likely N-dealkylation sites (tertiary alicyclic amines) is 1. The first-order valence-electron chi connectivity index (χ1n) is 9.30. The number of carbonyl (C=O) groups excluding carboxylic acids is 2. The molecule has 1 aromatic heterocycles. The lowest BCUT2D eigenvalue weighted by Crippen LogP contribution is -2.46. The molecule has 3 fully saturated rings. The predicted molar refractivity (Wildman–Crippen MR) is 88.8 cm³/mol. The molecule has 0 radical (unpaired) electrons. The van der Waals surface area contributed by atoms with E-state index in [9.17, 15) is 9.59 Å². The molecule has 5 nitrogen and oxygen atoms in total. The van der Waals surface area contributed by atoms with E-state index in [1.54, 1.807) is 6.26 Å². The molecule has 2 saturated carbocycles. The summed E-state index contributed by atoms with van der Waals surface area (Å²) in [6.07, 6.45) is 9.14. The SMILES string of the molecule is O=C(NCc1ccco1)[C@H]1CCCN1C(=O)C[C@@H]1C[C@H]2CC[C@H]1C2. The number of nitrogens with zero attached hydrogens (tertiary/aromatic N) is 1. The van der Waals surface area contributed by atoms with Crippen LogP contribution in [0, 0.1) is 17.8 Å². The molecular weight excluding hydrogens is 304 g/mol. The van der Waals surface area contributed by atoms with Gasteiger partial charge in [0.2, 0.25) is 11.8 Å². The fraction of sp³-hybridized carbons (Fsp3) is 0.684. The number of carbonyl (C=O) groups is 2. The lowest BCUT2D eigenvalue weighted by molar-refractivity contribution is -0.139. The molecule has 2 aliphatic carbocycles. The van der Waals surface area contributed by atoms with Gasteiger partial charge in [-0.1, -0.05) is 6.42 Å². The minimum absolute atomic E-state index is 0.0507. The fourth-order valence-corrected chi connectivity index (χ4v) is 5.01. The average molecular weight is 330 g/mol. The summed E-state index contributed by atoms with van der Waals surface area (Å²) in [6, 6.07) is 3.35. The van der Waals surface area contributed by atoms with Crippen LogP contribution >= 0.6 is 0 Å². The van der Waals surface area contributed by atoms with Gasteiger partial charge in [0.1, 0.15) is 11.8 Å². The molecule has 1 N–H and O–H groups in total.